The third-order valence-electron chi connectivity index (χ3n) is 3.86. The number of ether oxygens (including phenoxy) is 4. The fraction of sp³-hybridized carbons (Fsp3) is 0.429. The molecule has 0 bridgehead atoms. The molecule has 1 saturated heterocycles. The summed E-state index contributed by atoms with van der Waals surface area (Å²) in [5.74, 6) is -1.92. The average molecular weight is 309 g/mol. The van der Waals surface area contributed by atoms with Gasteiger partial charge in [0.1, 0.15) is 5.92 Å². The van der Waals surface area contributed by atoms with Crippen molar-refractivity contribution in [1.82, 2.24) is 5.32 Å². The Morgan fingerprint density at radius 1 is 1.32 bits per heavy atom. The molecule has 0 aliphatic carbocycles. The van der Waals surface area contributed by atoms with Crippen LogP contribution in [0.15, 0.2) is 6.07 Å². The number of carboxylic acid groups (broad SMARTS) is 1. The van der Waals surface area contributed by atoms with E-state index in [9.17, 15) is 14.7 Å². The molecular formula is C14H15NO7. The summed E-state index contributed by atoms with van der Waals surface area (Å²) in [4.78, 5) is 23.2. The van der Waals surface area contributed by atoms with Crippen molar-refractivity contribution in [2.24, 2.45) is 5.92 Å². The Balaban J connectivity index is 2.14. The van der Waals surface area contributed by atoms with Gasteiger partial charge in [0.05, 0.1) is 14.2 Å². The van der Waals surface area contributed by atoms with Gasteiger partial charge in [-0.2, -0.15) is 0 Å². The minimum Gasteiger partial charge on any atom is -0.493 e. The molecule has 118 valence electrons. The minimum absolute atomic E-state index is 0.0235. The highest BCUT2D eigenvalue weighted by molar-refractivity contribution is 6.00. The Morgan fingerprint density at radius 2 is 2.05 bits per heavy atom. The summed E-state index contributed by atoms with van der Waals surface area (Å²) in [6, 6.07) is 1.63. The van der Waals surface area contributed by atoms with Crippen LogP contribution in [0.4, 0.5) is 0 Å². The number of amides is 1. The molecule has 0 radical (unpaired) electrons. The number of benzene rings is 1. The van der Waals surface area contributed by atoms with Crippen LogP contribution in [0.1, 0.15) is 11.5 Å². The normalized spacial score (nSPS) is 22.4. The molecule has 1 aromatic carbocycles. The highest BCUT2D eigenvalue weighted by Gasteiger charge is 2.44. The van der Waals surface area contributed by atoms with Crippen LogP contribution in [-0.4, -0.2) is 44.5 Å². The van der Waals surface area contributed by atoms with Crippen LogP contribution in [-0.2, 0) is 9.59 Å². The lowest BCUT2D eigenvalue weighted by atomic mass is 9.87. The lowest BCUT2D eigenvalue weighted by molar-refractivity contribution is -0.145. The van der Waals surface area contributed by atoms with Gasteiger partial charge in [0.2, 0.25) is 24.2 Å². The summed E-state index contributed by atoms with van der Waals surface area (Å²) >= 11 is 0. The second-order valence-corrected chi connectivity index (χ2v) is 4.93. The summed E-state index contributed by atoms with van der Waals surface area (Å²) in [5, 5.41) is 11.9. The summed E-state index contributed by atoms with van der Waals surface area (Å²) in [5.41, 5.74) is 0.536. The van der Waals surface area contributed by atoms with E-state index in [-0.39, 0.29) is 13.3 Å². The SMILES string of the molecule is COc1cc([C@H]2CNC(=O)[C@@H]2C(=O)O)c(OC)c2c1OCO2. The summed E-state index contributed by atoms with van der Waals surface area (Å²) in [6.07, 6.45) is 0. The zero-order valence-corrected chi connectivity index (χ0v) is 12.0. The zero-order chi connectivity index (χ0) is 15.9. The predicted molar refractivity (Wildman–Crippen MR) is 72.5 cm³/mol. The van der Waals surface area contributed by atoms with Gasteiger partial charge in [-0.15, -0.1) is 0 Å². The smallest absolute Gasteiger partial charge is 0.316 e. The van der Waals surface area contributed by atoms with Gasteiger partial charge in [-0.3, -0.25) is 9.59 Å². The molecule has 0 aromatic heterocycles. The van der Waals surface area contributed by atoms with E-state index in [0.29, 0.717) is 28.6 Å². The van der Waals surface area contributed by atoms with Crippen LogP contribution in [0.5, 0.6) is 23.0 Å². The molecule has 2 atom stereocenters. The van der Waals surface area contributed by atoms with Crippen molar-refractivity contribution in [3.63, 3.8) is 0 Å². The second-order valence-electron chi connectivity index (χ2n) is 4.93. The van der Waals surface area contributed by atoms with Crippen LogP contribution < -0.4 is 24.3 Å². The van der Waals surface area contributed by atoms with Crippen LogP contribution in [0.25, 0.3) is 0 Å². The Labute approximate surface area is 125 Å². The Kier molecular flexibility index (Phi) is 3.44. The average Bonchev–Trinajstić information content (AvgIpc) is 3.11. The zero-order valence-electron chi connectivity index (χ0n) is 12.0. The lowest BCUT2D eigenvalue weighted by Crippen LogP contribution is -2.26. The first-order valence-corrected chi connectivity index (χ1v) is 6.63. The first-order chi connectivity index (χ1) is 10.6. The number of rotatable bonds is 4. The number of hydrogen-bond acceptors (Lipinski definition) is 6. The van der Waals surface area contributed by atoms with Gasteiger partial charge in [-0.25, -0.2) is 0 Å². The molecule has 2 aliphatic rings. The van der Waals surface area contributed by atoms with Gasteiger partial charge in [-0.05, 0) is 6.07 Å². The highest BCUT2D eigenvalue weighted by atomic mass is 16.7. The quantitative estimate of drug-likeness (QED) is 0.773. The molecule has 1 aromatic rings. The molecule has 2 aliphatic heterocycles. The number of carbonyl (C=O) groups excluding carboxylic acids is 1. The van der Waals surface area contributed by atoms with Gasteiger partial charge < -0.3 is 29.4 Å². The van der Waals surface area contributed by atoms with Crippen LogP contribution >= 0.6 is 0 Å². The van der Waals surface area contributed by atoms with Crippen molar-refractivity contribution >= 4 is 11.9 Å². The third-order valence-corrected chi connectivity index (χ3v) is 3.86. The first-order valence-electron chi connectivity index (χ1n) is 6.63. The van der Waals surface area contributed by atoms with Gasteiger partial charge >= 0.3 is 5.97 Å². The van der Waals surface area contributed by atoms with Crippen molar-refractivity contribution in [2.45, 2.75) is 5.92 Å². The Morgan fingerprint density at radius 3 is 2.68 bits per heavy atom. The molecule has 2 heterocycles. The minimum atomic E-state index is -1.18. The molecule has 3 rings (SSSR count). The number of hydrogen-bond donors (Lipinski definition) is 2. The topological polar surface area (TPSA) is 103 Å². The maximum Gasteiger partial charge on any atom is 0.316 e. The van der Waals surface area contributed by atoms with Crippen LogP contribution in [0.2, 0.25) is 0 Å². The van der Waals surface area contributed by atoms with Crippen LogP contribution in [0.3, 0.4) is 0 Å². The summed E-state index contributed by atoms with van der Waals surface area (Å²) in [7, 11) is 2.92. The van der Waals surface area contributed by atoms with Gasteiger partial charge in [0.25, 0.3) is 0 Å². The molecule has 8 nitrogen and oxygen atoms in total. The maximum atomic E-state index is 11.8. The highest BCUT2D eigenvalue weighted by Crippen LogP contribution is 2.52. The van der Waals surface area contributed by atoms with E-state index < -0.39 is 23.7 Å². The van der Waals surface area contributed by atoms with E-state index in [2.05, 4.69) is 5.32 Å². The number of methoxy groups -OCH3 is 2. The van der Waals surface area contributed by atoms with E-state index in [4.69, 9.17) is 18.9 Å². The number of aliphatic carboxylic acids is 1. The molecule has 0 unspecified atom stereocenters. The maximum absolute atomic E-state index is 11.8. The van der Waals surface area contributed by atoms with Gasteiger partial charge in [-0.1, -0.05) is 0 Å². The van der Waals surface area contributed by atoms with Crippen molar-refractivity contribution in [3.8, 4) is 23.0 Å². The second kappa shape index (κ2) is 5.28. The van der Waals surface area contributed by atoms with Crippen LogP contribution in [0, 0.1) is 5.92 Å². The molecule has 8 heteroatoms. The monoisotopic (exact) mass is 309 g/mol. The Bertz CT molecular complexity index is 643. The predicted octanol–water partition coefficient (Wildman–Crippen LogP) is 0.347. The van der Waals surface area contributed by atoms with E-state index in [1.807, 2.05) is 0 Å². The van der Waals surface area contributed by atoms with Crippen molar-refractivity contribution in [1.29, 1.82) is 0 Å². The van der Waals surface area contributed by atoms with Crippen molar-refractivity contribution < 1.29 is 33.6 Å². The van der Waals surface area contributed by atoms with Crippen molar-refractivity contribution in [3.05, 3.63) is 11.6 Å². The molecule has 1 amide bonds. The standard InChI is InChI=1S/C14H15NO7/c1-19-8-3-6(7-4-15-13(16)9(7)14(17)18)10(20-2)12-11(8)21-5-22-12/h3,7,9H,4-5H2,1-2H3,(H,15,16)(H,17,18)/t7-,9-/m1/s1. The molecular weight excluding hydrogens is 294 g/mol. The molecule has 22 heavy (non-hydrogen) atoms. The van der Waals surface area contributed by atoms with E-state index >= 15 is 0 Å². The van der Waals surface area contributed by atoms with Crippen molar-refractivity contribution in [2.75, 3.05) is 27.6 Å². The lowest BCUT2D eigenvalue weighted by Gasteiger charge is -2.19. The molecule has 0 spiro atoms. The molecule has 1 fully saturated rings. The van der Waals surface area contributed by atoms with Gasteiger partial charge in [0.15, 0.2) is 11.5 Å². The fourth-order valence-corrected chi connectivity index (χ4v) is 2.87. The number of carboxylic acids is 1. The summed E-state index contributed by atoms with van der Waals surface area (Å²) < 4.78 is 21.4. The molecule has 2 N–H and O–H groups in total. The third kappa shape index (κ3) is 1.99. The van der Waals surface area contributed by atoms with E-state index in [1.54, 1.807) is 6.07 Å². The fourth-order valence-electron chi connectivity index (χ4n) is 2.87. The molecule has 0 saturated carbocycles. The first kappa shape index (κ1) is 14.3. The number of nitrogens with one attached hydrogen (secondary N) is 1. The van der Waals surface area contributed by atoms with Gasteiger partial charge in [0, 0.05) is 18.0 Å². The summed E-state index contributed by atoms with van der Waals surface area (Å²) in [6.45, 7) is 0.227. The van der Waals surface area contributed by atoms with E-state index in [1.165, 1.54) is 14.2 Å². The number of carbonyl (C=O) groups is 2. The largest absolute Gasteiger partial charge is 0.493 e. The Hall–Kier alpha value is -2.64. The van der Waals surface area contributed by atoms with E-state index in [0.717, 1.165) is 0 Å². The number of fused-ring (bicyclic) bond motifs is 1.